The molecular formula is C19H24N4O3. The number of pyridine rings is 2. The summed E-state index contributed by atoms with van der Waals surface area (Å²) < 4.78 is 5.16. The predicted octanol–water partition coefficient (Wildman–Crippen LogP) is 2.53. The van der Waals surface area contributed by atoms with E-state index in [1.807, 2.05) is 36.4 Å². The molecule has 26 heavy (non-hydrogen) atoms. The Morgan fingerprint density at radius 3 is 1.96 bits per heavy atom. The lowest BCUT2D eigenvalue weighted by atomic mass is 10.2. The van der Waals surface area contributed by atoms with Gasteiger partial charge in [-0.2, -0.15) is 0 Å². The molecule has 0 atom stereocenters. The van der Waals surface area contributed by atoms with Crippen molar-refractivity contribution in [3.8, 4) is 0 Å². The molecule has 138 valence electrons. The van der Waals surface area contributed by atoms with E-state index in [4.69, 9.17) is 4.74 Å². The number of carbonyl (C=O) groups excluding carboxylic acids is 2. The third-order valence-corrected chi connectivity index (χ3v) is 3.29. The van der Waals surface area contributed by atoms with Crippen molar-refractivity contribution in [3.05, 3.63) is 60.2 Å². The molecule has 2 rings (SSSR count). The van der Waals surface area contributed by atoms with E-state index in [2.05, 4.69) is 15.3 Å². The summed E-state index contributed by atoms with van der Waals surface area (Å²) in [4.78, 5) is 34.5. The van der Waals surface area contributed by atoms with Crippen LogP contribution in [0.3, 0.4) is 0 Å². The Bertz CT molecular complexity index is 673. The summed E-state index contributed by atoms with van der Waals surface area (Å²) in [6.45, 7) is 5.79. The molecule has 7 nitrogen and oxygen atoms in total. The molecular weight excluding hydrogens is 332 g/mol. The molecule has 0 fully saturated rings. The Labute approximate surface area is 153 Å². The van der Waals surface area contributed by atoms with Gasteiger partial charge < -0.3 is 15.0 Å². The Morgan fingerprint density at radius 2 is 1.54 bits per heavy atom. The maximum atomic E-state index is 12.6. The third kappa shape index (κ3) is 6.88. The van der Waals surface area contributed by atoms with Gasteiger partial charge in [0.1, 0.15) is 12.1 Å². The van der Waals surface area contributed by atoms with Crippen molar-refractivity contribution in [3.63, 3.8) is 0 Å². The minimum Gasteiger partial charge on any atom is -0.444 e. The van der Waals surface area contributed by atoms with Crippen LogP contribution in [-0.4, -0.2) is 39.0 Å². The molecule has 0 saturated heterocycles. The highest BCUT2D eigenvalue weighted by Gasteiger charge is 2.20. The van der Waals surface area contributed by atoms with E-state index >= 15 is 0 Å². The molecule has 0 bridgehead atoms. The molecule has 0 aliphatic carbocycles. The summed E-state index contributed by atoms with van der Waals surface area (Å²) in [5, 5.41) is 2.50. The first-order valence-corrected chi connectivity index (χ1v) is 8.38. The summed E-state index contributed by atoms with van der Waals surface area (Å²) in [6, 6.07) is 11.1. The lowest BCUT2D eigenvalue weighted by molar-refractivity contribution is -0.131. The van der Waals surface area contributed by atoms with Crippen molar-refractivity contribution in [1.29, 1.82) is 0 Å². The zero-order valence-electron chi connectivity index (χ0n) is 15.3. The van der Waals surface area contributed by atoms with Gasteiger partial charge in [-0.05, 0) is 45.0 Å². The second-order valence-corrected chi connectivity index (χ2v) is 6.75. The Hall–Kier alpha value is -2.96. The number of aromatic nitrogens is 2. The minimum atomic E-state index is -0.624. The second-order valence-electron chi connectivity index (χ2n) is 6.75. The van der Waals surface area contributed by atoms with Crippen LogP contribution in [0.15, 0.2) is 48.8 Å². The van der Waals surface area contributed by atoms with Crippen LogP contribution in [0.25, 0.3) is 0 Å². The van der Waals surface area contributed by atoms with Gasteiger partial charge in [-0.1, -0.05) is 12.1 Å². The number of nitrogens with one attached hydrogen (secondary N) is 1. The Kier molecular flexibility index (Phi) is 6.66. The van der Waals surface area contributed by atoms with Crippen LogP contribution >= 0.6 is 0 Å². The molecule has 0 aliphatic rings. The quantitative estimate of drug-likeness (QED) is 0.860. The average Bonchev–Trinajstić information content (AvgIpc) is 2.59. The molecule has 0 spiro atoms. The molecule has 7 heteroatoms. The van der Waals surface area contributed by atoms with E-state index in [-0.39, 0.29) is 12.5 Å². The van der Waals surface area contributed by atoms with Gasteiger partial charge in [0.05, 0.1) is 24.5 Å². The summed E-state index contributed by atoms with van der Waals surface area (Å²) in [5.41, 5.74) is 0.900. The van der Waals surface area contributed by atoms with Gasteiger partial charge >= 0.3 is 6.09 Å². The fraction of sp³-hybridized carbons (Fsp3) is 0.368. The van der Waals surface area contributed by atoms with Gasteiger partial charge in [-0.15, -0.1) is 0 Å². The van der Waals surface area contributed by atoms with E-state index in [0.717, 1.165) is 11.4 Å². The standard InChI is InChI=1S/C19H24N4O3/c1-19(2,3)26-18(25)22-12-17(24)23(13-15-8-4-6-10-20-15)14-16-9-5-7-11-21-16/h4-11H,12-14H2,1-3H3,(H,22,25). The van der Waals surface area contributed by atoms with Crippen LogP contribution < -0.4 is 5.32 Å². The van der Waals surface area contributed by atoms with E-state index in [9.17, 15) is 9.59 Å². The van der Waals surface area contributed by atoms with Crippen molar-refractivity contribution < 1.29 is 14.3 Å². The predicted molar refractivity (Wildman–Crippen MR) is 97.0 cm³/mol. The third-order valence-electron chi connectivity index (χ3n) is 3.29. The minimum absolute atomic E-state index is 0.158. The van der Waals surface area contributed by atoms with Crippen LogP contribution in [0.1, 0.15) is 32.2 Å². The van der Waals surface area contributed by atoms with Crippen LogP contribution in [0.4, 0.5) is 4.79 Å². The molecule has 2 aromatic rings. The largest absolute Gasteiger partial charge is 0.444 e. The zero-order chi connectivity index (χ0) is 19.0. The van der Waals surface area contributed by atoms with Crippen molar-refractivity contribution in [1.82, 2.24) is 20.2 Å². The molecule has 0 radical (unpaired) electrons. The van der Waals surface area contributed by atoms with Crippen LogP contribution in [-0.2, 0) is 22.6 Å². The van der Waals surface area contributed by atoms with Crippen molar-refractivity contribution >= 4 is 12.0 Å². The number of nitrogens with zero attached hydrogens (tertiary/aromatic N) is 3. The van der Waals surface area contributed by atoms with Gasteiger partial charge in [0.25, 0.3) is 0 Å². The van der Waals surface area contributed by atoms with E-state index in [1.165, 1.54) is 0 Å². The summed E-state index contributed by atoms with van der Waals surface area (Å²) in [7, 11) is 0. The second kappa shape index (κ2) is 8.94. The van der Waals surface area contributed by atoms with Crippen molar-refractivity contribution in [2.45, 2.75) is 39.5 Å². The molecule has 2 aromatic heterocycles. The first-order valence-electron chi connectivity index (χ1n) is 8.38. The molecule has 1 N–H and O–H groups in total. The maximum Gasteiger partial charge on any atom is 0.408 e. The highest BCUT2D eigenvalue weighted by Crippen LogP contribution is 2.08. The SMILES string of the molecule is CC(C)(C)OC(=O)NCC(=O)N(Cc1ccccn1)Cc1ccccn1. The highest BCUT2D eigenvalue weighted by atomic mass is 16.6. The fourth-order valence-corrected chi connectivity index (χ4v) is 2.18. The summed E-state index contributed by atoms with van der Waals surface area (Å²) >= 11 is 0. The Morgan fingerprint density at radius 1 is 1.00 bits per heavy atom. The fourth-order valence-electron chi connectivity index (χ4n) is 2.18. The van der Waals surface area contributed by atoms with E-state index in [0.29, 0.717) is 13.1 Å². The number of amides is 2. The summed E-state index contributed by atoms with van der Waals surface area (Å²) in [5.74, 6) is -0.243. The van der Waals surface area contributed by atoms with E-state index < -0.39 is 11.7 Å². The number of hydrogen-bond acceptors (Lipinski definition) is 5. The summed E-state index contributed by atoms with van der Waals surface area (Å²) in [6.07, 6.45) is 2.73. The maximum absolute atomic E-state index is 12.6. The Balaban J connectivity index is 2.02. The molecule has 0 aliphatic heterocycles. The zero-order valence-corrected chi connectivity index (χ0v) is 15.3. The number of ether oxygens (including phenoxy) is 1. The first-order chi connectivity index (χ1) is 12.3. The van der Waals surface area contributed by atoms with Crippen LogP contribution in [0.2, 0.25) is 0 Å². The van der Waals surface area contributed by atoms with Crippen LogP contribution in [0.5, 0.6) is 0 Å². The molecule has 2 heterocycles. The molecule has 0 unspecified atom stereocenters. The van der Waals surface area contributed by atoms with E-state index in [1.54, 1.807) is 38.1 Å². The normalized spacial score (nSPS) is 10.9. The van der Waals surface area contributed by atoms with Gasteiger partial charge in [0.2, 0.25) is 5.91 Å². The highest BCUT2D eigenvalue weighted by molar-refractivity contribution is 5.82. The molecule has 0 aromatic carbocycles. The van der Waals surface area contributed by atoms with Gasteiger partial charge in [-0.25, -0.2) is 4.79 Å². The average molecular weight is 356 g/mol. The topological polar surface area (TPSA) is 84.4 Å². The van der Waals surface area contributed by atoms with Gasteiger partial charge in [0.15, 0.2) is 0 Å². The monoisotopic (exact) mass is 356 g/mol. The van der Waals surface area contributed by atoms with Gasteiger partial charge in [0, 0.05) is 12.4 Å². The smallest absolute Gasteiger partial charge is 0.408 e. The van der Waals surface area contributed by atoms with Crippen molar-refractivity contribution in [2.75, 3.05) is 6.54 Å². The molecule has 0 saturated carbocycles. The molecule has 2 amide bonds. The number of alkyl carbamates (subject to hydrolysis) is 1. The van der Waals surface area contributed by atoms with Crippen molar-refractivity contribution in [2.24, 2.45) is 0 Å². The lowest BCUT2D eigenvalue weighted by Gasteiger charge is -2.23. The van der Waals surface area contributed by atoms with Gasteiger partial charge in [-0.3, -0.25) is 14.8 Å². The number of carbonyl (C=O) groups is 2. The first kappa shape index (κ1) is 19.4. The lowest BCUT2D eigenvalue weighted by Crippen LogP contribution is -2.41. The van der Waals surface area contributed by atoms with Crippen LogP contribution in [0, 0.1) is 0 Å². The number of rotatable bonds is 6. The number of hydrogen-bond donors (Lipinski definition) is 1.